The summed E-state index contributed by atoms with van der Waals surface area (Å²) in [5.74, 6) is 0. The van der Waals surface area contributed by atoms with E-state index >= 15 is 0 Å². The predicted octanol–water partition coefficient (Wildman–Crippen LogP) is 3.61. The third-order valence-corrected chi connectivity index (χ3v) is 2.96. The van der Waals surface area contributed by atoms with Crippen LogP contribution in [0.5, 0.6) is 0 Å². The third kappa shape index (κ3) is 2.19. The molecule has 2 nitrogen and oxygen atoms in total. The van der Waals surface area contributed by atoms with Crippen molar-refractivity contribution in [2.75, 3.05) is 0 Å². The van der Waals surface area contributed by atoms with Gasteiger partial charge in [-0.3, -0.25) is 0 Å². The zero-order valence-corrected chi connectivity index (χ0v) is 10.0. The van der Waals surface area contributed by atoms with Crippen molar-refractivity contribution < 1.29 is 0 Å². The van der Waals surface area contributed by atoms with Crippen molar-refractivity contribution >= 4 is 12.2 Å². The molecule has 0 radical (unpaired) electrons. The highest BCUT2D eigenvalue weighted by Gasteiger charge is 2.10. The molecule has 0 fully saturated rings. The summed E-state index contributed by atoms with van der Waals surface area (Å²) in [6.45, 7) is 2.16. The quantitative estimate of drug-likeness (QED) is 0.750. The lowest BCUT2D eigenvalue weighted by Gasteiger charge is -2.18. The lowest BCUT2D eigenvalue weighted by molar-refractivity contribution is 0.547. The number of benzene rings is 1. The highest BCUT2D eigenvalue weighted by Crippen LogP contribution is 2.21. The largest absolute Gasteiger partial charge is 0.316 e. The average Bonchev–Trinajstić information content (AvgIpc) is 2.34. The Morgan fingerprint density at radius 2 is 2.00 bits per heavy atom. The van der Waals surface area contributed by atoms with Crippen LogP contribution in [0.15, 0.2) is 48.8 Å². The molecule has 1 heterocycles. The van der Waals surface area contributed by atoms with E-state index in [1.807, 2.05) is 22.9 Å². The maximum atomic E-state index is 5.25. The average molecular weight is 230 g/mol. The lowest BCUT2D eigenvalue weighted by atomic mass is 10.0. The molecule has 0 saturated heterocycles. The van der Waals surface area contributed by atoms with Gasteiger partial charge >= 0.3 is 0 Å². The van der Waals surface area contributed by atoms with Gasteiger partial charge in [-0.25, -0.2) is 4.98 Å². The summed E-state index contributed by atoms with van der Waals surface area (Å²) >= 11 is 5.25. The molecule has 82 valence electrons. The molecule has 1 unspecified atom stereocenters. The van der Waals surface area contributed by atoms with Gasteiger partial charge in [-0.05, 0) is 30.3 Å². The molecule has 0 aliphatic heterocycles. The van der Waals surface area contributed by atoms with E-state index in [4.69, 9.17) is 12.2 Å². The van der Waals surface area contributed by atoms with Crippen molar-refractivity contribution in [2.45, 2.75) is 19.4 Å². The zero-order valence-electron chi connectivity index (χ0n) is 9.21. The van der Waals surface area contributed by atoms with Gasteiger partial charge in [-0.1, -0.05) is 37.3 Å². The van der Waals surface area contributed by atoms with Gasteiger partial charge in [0, 0.05) is 12.4 Å². The van der Waals surface area contributed by atoms with Crippen LogP contribution in [-0.2, 0) is 0 Å². The highest BCUT2D eigenvalue weighted by atomic mass is 32.1. The molecule has 0 N–H and O–H groups in total. The number of rotatable bonds is 3. The Bertz CT molecular complexity index is 505. The maximum Gasteiger partial charge on any atom is 0.199 e. The molecule has 3 heteroatoms. The number of hydrogen-bond donors (Lipinski definition) is 0. The number of nitrogens with zero attached hydrogens (tertiary/aromatic N) is 2. The van der Waals surface area contributed by atoms with Gasteiger partial charge in [0.05, 0.1) is 6.04 Å². The van der Waals surface area contributed by atoms with E-state index < -0.39 is 0 Å². The minimum atomic E-state index is 0.280. The standard InChI is InChI=1S/C13H14N2S/c1-2-12(11-7-4-3-5-8-11)15-10-6-9-14-13(15)16/h3-10,12H,2H2,1H3. The lowest BCUT2D eigenvalue weighted by Crippen LogP contribution is -2.11. The predicted molar refractivity (Wildman–Crippen MR) is 67.9 cm³/mol. The second-order valence-corrected chi connectivity index (χ2v) is 4.01. The number of aromatic nitrogens is 2. The first-order valence-corrected chi connectivity index (χ1v) is 5.82. The summed E-state index contributed by atoms with van der Waals surface area (Å²) < 4.78 is 2.68. The molecule has 16 heavy (non-hydrogen) atoms. The van der Waals surface area contributed by atoms with Gasteiger partial charge < -0.3 is 4.57 Å². The van der Waals surface area contributed by atoms with Crippen LogP contribution in [0.25, 0.3) is 0 Å². The van der Waals surface area contributed by atoms with Crippen molar-refractivity contribution in [1.29, 1.82) is 0 Å². The summed E-state index contributed by atoms with van der Waals surface area (Å²) in [6, 6.07) is 12.6. The molecule has 0 amide bonds. The van der Waals surface area contributed by atoms with Crippen molar-refractivity contribution in [3.05, 3.63) is 59.1 Å². The molecular weight excluding hydrogens is 216 g/mol. The SMILES string of the molecule is CCC(c1ccccc1)n1cccnc1=S. The minimum absolute atomic E-state index is 0.280. The molecular formula is C13H14N2S. The fourth-order valence-corrected chi connectivity index (χ4v) is 2.12. The van der Waals surface area contributed by atoms with Crippen molar-refractivity contribution in [3.63, 3.8) is 0 Å². The van der Waals surface area contributed by atoms with E-state index in [0.717, 1.165) is 6.42 Å². The van der Waals surface area contributed by atoms with Gasteiger partial charge in [0.1, 0.15) is 0 Å². The van der Waals surface area contributed by atoms with Crippen LogP contribution in [0, 0.1) is 4.77 Å². The van der Waals surface area contributed by atoms with Crippen LogP contribution in [0.3, 0.4) is 0 Å². The summed E-state index contributed by atoms with van der Waals surface area (Å²) in [4.78, 5) is 4.15. The smallest absolute Gasteiger partial charge is 0.199 e. The molecule has 0 saturated carbocycles. The Hall–Kier alpha value is -1.48. The zero-order chi connectivity index (χ0) is 11.4. The Morgan fingerprint density at radius 3 is 2.62 bits per heavy atom. The van der Waals surface area contributed by atoms with Crippen LogP contribution < -0.4 is 0 Å². The van der Waals surface area contributed by atoms with E-state index in [9.17, 15) is 0 Å². The van der Waals surface area contributed by atoms with E-state index in [1.165, 1.54) is 5.56 Å². The second-order valence-electron chi connectivity index (χ2n) is 3.64. The Morgan fingerprint density at radius 1 is 1.25 bits per heavy atom. The summed E-state index contributed by atoms with van der Waals surface area (Å²) in [5, 5.41) is 0. The van der Waals surface area contributed by atoms with E-state index in [-0.39, 0.29) is 6.04 Å². The van der Waals surface area contributed by atoms with Crippen molar-refractivity contribution in [2.24, 2.45) is 0 Å². The van der Waals surface area contributed by atoms with Crippen molar-refractivity contribution in [3.8, 4) is 0 Å². The first-order valence-electron chi connectivity index (χ1n) is 5.41. The Kier molecular flexibility index (Phi) is 3.47. The monoisotopic (exact) mass is 230 g/mol. The second kappa shape index (κ2) is 5.03. The van der Waals surface area contributed by atoms with Gasteiger partial charge in [0.15, 0.2) is 4.77 Å². The van der Waals surface area contributed by atoms with Crippen LogP contribution in [-0.4, -0.2) is 9.55 Å². The molecule has 0 bridgehead atoms. The van der Waals surface area contributed by atoms with Crippen molar-refractivity contribution in [1.82, 2.24) is 9.55 Å². The molecule has 1 aromatic carbocycles. The first-order chi connectivity index (χ1) is 7.83. The van der Waals surface area contributed by atoms with Gasteiger partial charge in [0.2, 0.25) is 0 Å². The third-order valence-electron chi connectivity index (χ3n) is 2.65. The normalized spacial score (nSPS) is 12.3. The summed E-state index contributed by atoms with van der Waals surface area (Å²) in [6.07, 6.45) is 4.73. The molecule has 0 aliphatic rings. The fourth-order valence-electron chi connectivity index (χ4n) is 1.87. The minimum Gasteiger partial charge on any atom is -0.316 e. The van der Waals surface area contributed by atoms with Crippen LogP contribution in [0.2, 0.25) is 0 Å². The molecule has 1 aromatic heterocycles. The van der Waals surface area contributed by atoms with Crippen LogP contribution >= 0.6 is 12.2 Å². The van der Waals surface area contributed by atoms with Gasteiger partial charge in [-0.2, -0.15) is 0 Å². The summed E-state index contributed by atoms with van der Waals surface area (Å²) in [5.41, 5.74) is 1.27. The first kappa shape index (κ1) is 11.0. The van der Waals surface area contributed by atoms with E-state index in [0.29, 0.717) is 4.77 Å². The topological polar surface area (TPSA) is 17.8 Å². The van der Waals surface area contributed by atoms with Crippen LogP contribution in [0.4, 0.5) is 0 Å². The molecule has 1 atom stereocenters. The molecule has 2 rings (SSSR count). The Balaban J connectivity index is 2.45. The maximum absolute atomic E-state index is 5.25. The van der Waals surface area contributed by atoms with E-state index in [1.54, 1.807) is 6.20 Å². The van der Waals surface area contributed by atoms with Crippen LogP contribution in [0.1, 0.15) is 24.9 Å². The summed E-state index contributed by atoms with van der Waals surface area (Å²) in [7, 11) is 0. The van der Waals surface area contributed by atoms with E-state index in [2.05, 4.69) is 36.2 Å². The molecule has 2 aromatic rings. The highest BCUT2D eigenvalue weighted by molar-refractivity contribution is 7.71. The number of hydrogen-bond acceptors (Lipinski definition) is 2. The van der Waals surface area contributed by atoms with Gasteiger partial charge in [0.25, 0.3) is 0 Å². The Labute approximate surface area is 101 Å². The van der Waals surface area contributed by atoms with Gasteiger partial charge in [-0.15, -0.1) is 0 Å². The molecule has 0 spiro atoms. The fraction of sp³-hybridized carbons (Fsp3) is 0.231. The molecule has 0 aliphatic carbocycles.